The Hall–Kier alpha value is -3.95. The number of amides is 4. The number of unbranched alkanes of at least 4 members (excludes halogenated alkanes) is 3. The highest BCUT2D eigenvalue weighted by molar-refractivity contribution is 6.08. The van der Waals surface area contributed by atoms with E-state index in [4.69, 9.17) is 9.47 Å². The quantitative estimate of drug-likeness (QED) is 0.236. The van der Waals surface area contributed by atoms with Gasteiger partial charge in [-0.3, -0.25) is 10.1 Å². The molecule has 0 bridgehead atoms. The fourth-order valence-corrected chi connectivity index (χ4v) is 4.31. The first-order valence-corrected chi connectivity index (χ1v) is 13.1. The lowest BCUT2D eigenvalue weighted by atomic mass is 9.82. The van der Waals surface area contributed by atoms with Gasteiger partial charge in [0.25, 0.3) is 0 Å². The van der Waals surface area contributed by atoms with Gasteiger partial charge in [0.05, 0.1) is 25.2 Å². The van der Waals surface area contributed by atoms with Crippen LogP contribution in [0.25, 0.3) is 0 Å². The number of carbonyl (C=O) groups excluding carboxylic acids is 4. The van der Waals surface area contributed by atoms with Crippen molar-refractivity contribution in [1.29, 1.82) is 0 Å². The largest absolute Gasteiger partial charge is 0.464 e. The maximum atomic E-state index is 13.1. The molecule has 3 rings (SSSR count). The summed E-state index contributed by atoms with van der Waals surface area (Å²) < 4.78 is 10.4. The van der Waals surface area contributed by atoms with E-state index in [-0.39, 0.29) is 24.9 Å². The van der Waals surface area contributed by atoms with E-state index in [0.29, 0.717) is 12.2 Å². The minimum Gasteiger partial charge on any atom is -0.464 e. The van der Waals surface area contributed by atoms with Crippen molar-refractivity contribution in [2.24, 2.45) is 5.92 Å². The fraction of sp³-hybridized carbons (Fsp3) is 0.464. The number of hydrogen-bond acceptors (Lipinski definition) is 7. The number of hydrogen-bond donors (Lipinski definition) is 2. The lowest BCUT2D eigenvalue weighted by molar-refractivity contribution is -0.169. The molecule has 1 fully saturated rings. The van der Waals surface area contributed by atoms with Gasteiger partial charge in [-0.15, -0.1) is 0 Å². The second-order valence-electron chi connectivity index (χ2n) is 9.17. The van der Waals surface area contributed by atoms with E-state index in [0.717, 1.165) is 36.1 Å². The van der Waals surface area contributed by atoms with Crippen molar-refractivity contribution in [2.45, 2.75) is 65.0 Å². The molecule has 3 atom stereocenters. The van der Waals surface area contributed by atoms with E-state index in [1.807, 2.05) is 30.3 Å². The Labute approximate surface area is 223 Å². The third kappa shape index (κ3) is 7.53. The van der Waals surface area contributed by atoms with Crippen LogP contribution in [0.4, 0.5) is 15.4 Å². The molecule has 2 aromatic rings. The van der Waals surface area contributed by atoms with Crippen LogP contribution in [0.5, 0.6) is 0 Å². The van der Waals surface area contributed by atoms with E-state index >= 15 is 0 Å². The molecular weight excluding hydrogens is 488 g/mol. The Morgan fingerprint density at radius 2 is 1.82 bits per heavy atom. The van der Waals surface area contributed by atoms with E-state index in [1.54, 1.807) is 26.0 Å². The number of benzene rings is 1. The molecule has 1 aliphatic heterocycles. The summed E-state index contributed by atoms with van der Waals surface area (Å²) in [5.41, 5.74) is 1.54. The van der Waals surface area contributed by atoms with Gasteiger partial charge in [0.2, 0.25) is 5.91 Å². The molecule has 0 radical (unpaired) electrons. The van der Waals surface area contributed by atoms with E-state index < -0.39 is 36.0 Å². The Bertz CT molecular complexity index is 1110. The molecule has 38 heavy (non-hydrogen) atoms. The number of pyridine rings is 1. The standard InChI is InChI=1S/C28H36N4O6/c1-4-6-7-11-16-38-28(36)31-23-18-20(14-15-29-23)17-22-24(26(34)37-5-2)32(25(22)33)27(35)30-19(3)21-12-9-8-10-13-21/h8-10,12-15,18-19,22,24H,4-7,11,16-17H2,1-3H3,(H,30,35)(H,29,31,36)/t19-,22?,24+/m1/s1. The summed E-state index contributed by atoms with van der Waals surface area (Å²) in [4.78, 5) is 55.9. The van der Waals surface area contributed by atoms with Crippen LogP contribution in [0, 0.1) is 5.92 Å². The molecule has 2 N–H and O–H groups in total. The summed E-state index contributed by atoms with van der Waals surface area (Å²) in [5.74, 6) is -1.63. The average Bonchev–Trinajstić information content (AvgIpc) is 2.90. The molecule has 0 aliphatic carbocycles. The number of β-lactam (4-membered cyclic amide) rings is 1. The normalized spacial score (nSPS) is 17.2. The third-order valence-electron chi connectivity index (χ3n) is 6.34. The van der Waals surface area contributed by atoms with Crippen LogP contribution in [0.2, 0.25) is 0 Å². The molecule has 10 nitrogen and oxygen atoms in total. The molecule has 1 aliphatic rings. The van der Waals surface area contributed by atoms with Crippen LogP contribution in [0.15, 0.2) is 48.7 Å². The summed E-state index contributed by atoms with van der Waals surface area (Å²) in [6.45, 7) is 6.02. The molecule has 0 spiro atoms. The zero-order valence-electron chi connectivity index (χ0n) is 22.1. The van der Waals surface area contributed by atoms with Crippen LogP contribution in [0.3, 0.4) is 0 Å². The highest BCUT2D eigenvalue weighted by atomic mass is 16.5. The second-order valence-corrected chi connectivity index (χ2v) is 9.17. The number of nitrogens with zero attached hydrogens (tertiary/aromatic N) is 2. The molecule has 1 saturated heterocycles. The van der Waals surface area contributed by atoms with Crippen LogP contribution in [-0.2, 0) is 25.5 Å². The minimum atomic E-state index is -1.05. The van der Waals surface area contributed by atoms with Gasteiger partial charge in [-0.1, -0.05) is 56.5 Å². The summed E-state index contributed by atoms with van der Waals surface area (Å²) in [6, 6.07) is 10.6. The summed E-state index contributed by atoms with van der Waals surface area (Å²) in [5, 5.41) is 5.37. The minimum absolute atomic E-state index is 0.121. The van der Waals surface area contributed by atoms with E-state index in [1.165, 1.54) is 6.20 Å². The molecule has 1 aromatic carbocycles. The molecular formula is C28H36N4O6. The second kappa shape index (κ2) is 14.1. The predicted octanol–water partition coefficient (Wildman–Crippen LogP) is 4.61. The lowest BCUT2D eigenvalue weighted by Gasteiger charge is -2.44. The highest BCUT2D eigenvalue weighted by Gasteiger charge is 2.55. The van der Waals surface area contributed by atoms with Crippen LogP contribution >= 0.6 is 0 Å². The zero-order chi connectivity index (χ0) is 27.5. The number of esters is 1. The molecule has 204 valence electrons. The molecule has 1 unspecified atom stereocenters. The highest BCUT2D eigenvalue weighted by Crippen LogP contribution is 2.32. The predicted molar refractivity (Wildman–Crippen MR) is 141 cm³/mol. The third-order valence-corrected chi connectivity index (χ3v) is 6.34. The van der Waals surface area contributed by atoms with Crippen molar-refractivity contribution in [3.8, 4) is 0 Å². The van der Waals surface area contributed by atoms with Gasteiger partial charge in [0.1, 0.15) is 5.82 Å². The van der Waals surface area contributed by atoms with Crippen molar-refractivity contribution in [1.82, 2.24) is 15.2 Å². The van der Waals surface area contributed by atoms with Crippen molar-refractivity contribution in [2.75, 3.05) is 18.5 Å². The topological polar surface area (TPSA) is 127 Å². The Morgan fingerprint density at radius 1 is 1.05 bits per heavy atom. The van der Waals surface area contributed by atoms with Gasteiger partial charge in [0, 0.05) is 6.20 Å². The fourth-order valence-electron chi connectivity index (χ4n) is 4.31. The Balaban J connectivity index is 1.63. The number of imide groups is 1. The van der Waals surface area contributed by atoms with Crippen LogP contribution < -0.4 is 10.6 Å². The van der Waals surface area contributed by atoms with Gasteiger partial charge in [-0.05, 0) is 49.9 Å². The van der Waals surface area contributed by atoms with Crippen molar-refractivity contribution in [3.05, 3.63) is 59.8 Å². The maximum Gasteiger partial charge on any atom is 0.412 e. The summed E-state index contributed by atoms with van der Waals surface area (Å²) >= 11 is 0. The van der Waals surface area contributed by atoms with Gasteiger partial charge in [0.15, 0.2) is 6.04 Å². The number of ether oxygens (including phenoxy) is 2. The summed E-state index contributed by atoms with van der Waals surface area (Å²) in [6.07, 6.45) is 5.04. The SMILES string of the molecule is CCCCCCOC(=O)Nc1cc(CC2C(=O)N(C(=O)N[C@H](C)c3ccccc3)[C@@H]2C(=O)OCC)ccn1. The molecule has 1 aromatic heterocycles. The maximum absolute atomic E-state index is 13.1. The van der Waals surface area contributed by atoms with E-state index in [2.05, 4.69) is 22.5 Å². The first-order valence-electron chi connectivity index (χ1n) is 13.1. The van der Waals surface area contributed by atoms with Gasteiger partial charge in [-0.25, -0.2) is 24.3 Å². The number of carbonyl (C=O) groups is 4. The van der Waals surface area contributed by atoms with Crippen molar-refractivity contribution < 1.29 is 28.7 Å². The van der Waals surface area contributed by atoms with Gasteiger partial charge >= 0.3 is 18.1 Å². The zero-order valence-corrected chi connectivity index (χ0v) is 22.1. The number of nitrogens with one attached hydrogen (secondary N) is 2. The first-order chi connectivity index (χ1) is 18.3. The number of anilines is 1. The van der Waals surface area contributed by atoms with E-state index in [9.17, 15) is 19.2 Å². The van der Waals surface area contributed by atoms with Gasteiger partial charge < -0.3 is 14.8 Å². The summed E-state index contributed by atoms with van der Waals surface area (Å²) in [7, 11) is 0. The monoisotopic (exact) mass is 524 g/mol. The van der Waals surface area contributed by atoms with Crippen LogP contribution in [0.1, 0.15) is 63.6 Å². The molecule has 0 saturated carbocycles. The molecule has 2 heterocycles. The number of aromatic nitrogens is 1. The van der Waals surface area contributed by atoms with Gasteiger partial charge in [-0.2, -0.15) is 0 Å². The average molecular weight is 525 g/mol. The first kappa shape index (κ1) is 28.6. The Morgan fingerprint density at radius 3 is 2.53 bits per heavy atom. The number of rotatable bonds is 12. The molecule has 10 heteroatoms. The molecule has 4 amide bonds. The lowest BCUT2D eigenvalue weighted by Crippen LogP contribution is -2.69. The number of urea groups is 1. The van der Waals surface area contributed by atoms with Crippen LogP contribution in [-0.4, -0.2) is 53.1 Å². The number of likely N-dealkylation sites (tertiary alicyclic amines) is 1. The van der Waals surface area contributed by atoms with Crippen molar-refractivity contribution >= 4 is 29.8 Å². The smallest absolute Gasteiger partial charge is 0.412 e. The van der Waals surface area contributed by atoms with Crippen molar-refractivity contribution in [3.63, 3.8) is 0 Å². The Kier molecular flexibility index (Phi) is 10.6.